The number of esters is 1. The third-order valence-electron chi connectivity index (χ3n) is 7.37. The molecule has 0 radical (unpaired) electrons. The van der Waals surface area contributed by atoms with Crippen LogP contribution in [0.2, 0.25) is 5.02 Å². The highest BCUT2D eigenvalue weighted by atomic mass is 35.5. The molecule has 11 heteroatoms. The van der Waals surface area contributed by atoms with Gasteiger partial charge in [0.05, 0.1) is 17.3 Å². The van der Waals surface area contributed by atoms with E-state index >= 15 is 0 Å². The molecule has 1 aliphatic heterocycles. The van der Waals surface area contributed by atoms with Crippen LogP contribution in [-0.4, -0.2) is 33.2 Å². The molecule has 0 bridgehead atoms. The van der Waals surface area contributed by atoms with Crippen LogP contribution in [0, 0.1) is 6.92 Å². The van der Waals surface area contributed by atoms with Crippen molar-refractivity contribution in [3.63, 3.8) is 0 Å². The highest BCUT2D eigenvalue weighted by Crippen LogP contribution is 2.30. The number of aromatic nitrogens is 2. The van der Waals surface area contributed by atoms with Gasteiger partial charge in [0.15, 0.2) is 0 Å². The fourth-order valence-electron chi connectivity index (χ4n) is 5.21. The predicted molar refractivity (Wildman–Crippen MR) is 159 cm³/mol. The molecular weight excluding hydrogens is 572 g/mol. The Balaban J connectivity index is 1.48. The summed E-state index contributed by atoms with van der Waals surface area (Å²) in [5.74, 6) is -2.55. The molecule has 3 amide bonds. The Morgan fingerprint density at radius 3 is 2.47 bits per heavy atom. The molecule has 3 aromatic carbocycles. The first-order valence-corrected chi connectivity index (χ1v) is 14.1. The summed E-state index contributed by atoms with van der Waals surface area (Å²) in [4.78, 5) is 70.8. The number of imide groups is 1. The maximum atomic E-state index is 14.1. The van der Waals surface area contributed by atoms with Crippen molar-refractivity contribution >= 4 is 46.2 Å². The van der Waals surface area contributed by atoms with E-state index in [2.05, 4.69) is 15.6 Å². The Labute approximate surface area is 252 Å². The van der Waals surface area contributed by atoms with Crippen molar-refractivity contribution in [2.75, 3.05) is 0 Å². The lowest BCUT2D eigenvalue weighted by atomic mass is 9.91. The first-order valence-electron chi connectivity index (χ1n) is 13.8. The summed E-state index contributed by atoms with van der Waals surface area (Å²) in [6.45, 7) is 1.53. The number of hydrogen-bond donors (Lipinski definition) is 2. The predicted octanol–water partition coefficient (Wildman–Crippen LogP) is 3.48. The number of amides is 3. The van der Waals surface area contributed by atoms with Crippen molar-refractivity contribution in [3.05, 3.63) is 111 Å². The van der Waals surface area contributed by atoms with E-state index in [0.29, 0.717) is 21.7 Å². The van der Waals surface area contributed by atoms with Gasteiger partial charge in [0, 0.05) is 18.0 Å². The number of rotatable bonds is 8. The molecule has 220 valence electrons. The number of ether oxygens (including phenoxy) is 1. The fraction of sp³-hybridized carbons (Fsp3) is 0.250. The van der Waals surface area contributed by atoms with Gasteiger partial charge in [-0.1, -0.05) is 60.1 Å². The number of benzene rings is 3. The minimum absolute atomic E-state index is 0.00807. The van der Waals surface area contributed by atoms with Crippen LogP contribution in [0.5, 0.6) is 0 Å². The van der Waals surface area contributed by atoms with Gasteiger partial charge in [-0.05, 0) is 60.7 Å². The highest BCUT2D eigenvalue weighted by Gasteiger charge is 2.52. The van der Waals surface area contributed by atoms with Crippen LogP contribution in [0.4, 0.5) is 0 Å². The molecule has 4 aromatic rings. The van der Waals surface area contributed by atoms with Gasteiger partial charge >= 0.3 is 5.97 Å². The van der Waals surface area contributed by atoms with Crippen molar-refractivity contribution in [2.24, 2.45) is 0 Å². The van der Waals surface area contributed by atoms with E-state index in [4.69, 9.17) is 16.3 Å². The zero-order valence-electron chi connectivity index (χ0n) is 23.4. The third-order valence-corrected chi connectivity index (χ3v) is 7.62. The van der Waals surface area contributed by atoms with Gasteiger partial charge in [-0.25, -0.2) is 9.78 Å². The lowest BCUT2D eigenvalue weighted by molar-refractivity contribution is -0.161. The van der Waals surface area contributed by atoms with Gasteiger partial charge in [-0.3, -0.25) is 29.1 Å². The first-order chi connectivity index (χ1) is 20.7. The molecule has 43 heavy (non-hydrogen) atoms. The van der Waals surface area contributed by atoms with Crippen molar-refractivity contribution in [2.45, 2.75) is 51.3 Å². The van der Waals surface area contributed by atoms with E-state index < -0.39 is 28.9 Å². The molecule has 0 saturated carbocycles. The van der Waals surface area contributed by atoms with Gasteiger partial charge < -0.3 is 10.1 Å². The molecular formula is C32H29ClN4O6. The summed E-state index contributed by atoms with van der Waals surface area (Å²) in [6.07, 6.45) is 0.197. The van der Waals surface area contributed by atoms with Crippen LogP contribution in [0.25, 0.3) is 10.9 Å². The highest BCUT2D eigenvalue weighted by molar-refractivity contribution is 6.30. The molecule has 0 aliphatic carbocycles. The summed E-state index contributed by atoms with van der Waals surface area (Å²) in [7, 11) is 0. The number of nitrogens with zero attached hydrogens (tertiary/aromatic N) is 2. The molecule has 1 unspecified atom stereocenters. The number of halogens is 1. The van der Waals surface area contributed by atoms with Crippen molar-refractivity contribution in [3.8, 4) is 0 Å². The zero-order valence-corrected chi connectivity index (χ0v) is 24.1. The molecule has 2 N–H and O–H groups in total. The summed E-state index contributed by atoms with van der Waals surface area (Å²) in [6, 6.07) is 20.8. The molecule has 1 aliphatic rings. The Bertz CT molecular complexity index is 1770. The minimum Gasteiger partial charge on any atom is -0.459 e. The Morgan fingerprint density at radius 2 is 1.72 bits per heavy atom. The number of aryl methyl sites for hydroxylation is 1. The van der Waals surface area contributed by atoms with Gasteiger partial charge in [-0.2, -0.15) is 0 Å². The number of fused-ring (bicyclic) bond motifs is 1. The quantitative estimate of drug-likeness (QED) is 0.179. The lowest BCUT2D eigenvalue weighted by Gasteiger charge is -2.31. The van der Waals surface area contributed by atoms with Crippen molar-refractivity contribution in [1.82, 2.24) is 20.2 Å². The Morgan fingerprint density at radius 1 is 1.00 bits per heavy atom. The maximum absolute atomic E-state index is 14.1. The monoisotopic (exact) mass is 600 g/mol. The number of nitrogens with one attached hydrogen (secondary N) is 2. The second-order valence-corrected chi connectivity index (χ2v) is 10.8. The number of carbonyl (C=O) groups excluding carboxylic acids is 4. The van der Waals surface area contributed by atoms with Crippen molar-refractivity contribution in [1.29, 1.82) is 0 Å². The van der Waals surface area contributed by atoms with Gasteiger partial charge in [0.1, 0.15) is 12.4 Å². The van der Waals surface area contributed by atoms with E-state index in [-0.39, 0.29) is 56.0 Å². The zero-order chi connectivity index (χ0) is 30.6. The summed E-state index contributed by atoms with van der Waals surface area (Å²) in [5, 5.41) is 5.82. The topological polar surface area (TPSA) is 136 Å². The SMILES string of the molecule is Cc1nc2ccc(CNC(=O)Cc3ccc(Cl)cc3)cc2c(=O)n1C1(C(=O)OCc2ccccc2)CCCC(=O)NC1=O. The molecule has 1 fully saturated rings. The van der Waals surface area contributed by atoms with E-state index in [1.165, 1.54) is 6.92 Å². The van der Waals surface area contributed by atoms with Crippen molar-refractivity contribution < 1.29 is 23.9 Å². The first kappa shape index (κ1) is 29.7. The molecule has 0 spiro atoms. The Kier molecular flexibility index (Phi) is 8.68. The summed E-state index contributed by atoms with van der Waals surface area (Å²) >= 11 is 5.91. The largest absolute Gasteiger partial charge is 0.459 e. The van der Waals surface area contributed by atoms with Gasteiger partial charge in [0.2, 0.25) is 17.4 Å². The van der Waals surface area contributed by atoms with Crippen LogP contribution in [0.15, 0.2) is 77.6 Å². The van der Waals surface area contributed by atoms with E-state index in [9.17, 15) is 24.0 Å². The minimum atomic E-state index is -2.15. The third kappa shape index (κ3) is 6.34. The maximum Gasteiger partial charge on any atom is 0.342 e. The van der Waals surface area contributed by atoms with E-state index in [1.807, 2.05) is 6.07 Å². The molecule has 5 rings (SSSR count). The second kappa shape index (κ2) is 12.6. The second-order valence-electron chi connectivity index (χ2n) is 10.4. The molecule has 1 saturated heterocycles. The molecule has 2 heterocycles. The fourth-order valence-corrected chi connectivity index (χ4v) is 5.33. The lowest BCUT2D eigenvalue weighted by Crippen LogP contribution is -2.58. The van der Waals surface area contributed by atoms with E-state index in [0.717, 1.165) is 10.1 Å². The Hall–Kier alpha value is -4.83. The summed E-state index contributed by atoms with van der Waals surface area (Å²) in [5.41, 5.74) is -0.322. The molecule has 1 atom stereocenters. The standard InChI is InChI=1S/C32H29ClN4O6/c1-20-35-26-14-11-23(18-34-28(39)17-21-9-12-24(33)13-10-21)16-25(26)29(40)37(20)32(15-5-8-27(38)36-30(32)41)31(42)43-19-22-6-3-2-4-7-22/h2-4,6-7,9-14,16H,5,8,15,17-19H2,1H3,(H,34,39)(H,36,38,41). The summed E-state index contributed by atoms with van der Waals surface area (Å²) < 4.78 is 6.64. The van der Waals surface area contributed by atoms with E-state index in [1.54, 1.807) is 66.7 Å². The van der Waals surface area contributed by atoms with Gasteiger partial charge in [-0.15, -0.1) is 0 Å². The number of hydrogen-bond acceptors (Lipinski definition) is 7. The average molecular weight is 601 g/mol. The van der Waals surface area contributed by atoms with Gasteiger partial charge in [0.25, 0.3) is 11.5 Å². The van der Waals surface area contributed by atoms with Crippen LogP contribution in [0.1, 0.15) is 41.8 Å². The van der Waals surface area contributed by atoms with Crippen LogP contribution in [-0.2, 0) is 49.0 Å². The molecule has 1 aromatic heterocycles. The molecule has 10 nitrogen and oxygen atoms in total. The van der Waals surface area contributed by atoms with Crippen LogP contribution < -0.4 is 16.2 Å². The average Bonchev–Trinajstić information content (AvgIpc) is 3.14. The number of carbonyl (C=O) groups is 4. The smallest absolute Gasteiger partial charge is 0.342 e. The normalized spacial score (nSPS) is 16.8. The van der Waals surface area contributed by atoms with Crippen LogP contribution in [0.3, 0.4) is 0 Å². The van der Waals surface area contributed by atoms with Crippen LogP contribution >= 0.6 is 11.6 Å².